The Hall–Kier alpha value is -3.61. The summed E-state index contributed by atoms with van der Waals surface area (Å²) in [5.74, 6) is 11.5. The predicted molar refractivity (Wildman–Crippen MR) is 158 cm³/mol. The molecule has 15 heteroatoms. The second-order valence-corrected chi connectivity index (χ2v) is 10.3. The van der Waals surface area contributed by atoms with E-state index in [2.05, 4.69) is 42.2 Å². The van der Waals surface area contributed by atoms with Crippen LogP contribution in [0.5, 0.6) is 5.75 Å². The maximum absolute atomic E-state index is 11.9. The van der Waals surface area contributed by atoms with E-state index in [-0.39, 0.29) is 42.4 Å². The molecule has 0 aliphatic carbocycles. The number of azide groups is 2. The predicted octanol–water partition coefficient (Wildman–Crippen LogP) is 7.64. The molecule has 1 rings (SSSR count). The molecule has 1 aromatic carbocycles. The molecule has 0 aromatic heterocycles. The SMILES string of the molecule is Cc1c(CCC(CCCC(C=N)CCCC(C)CCCCON)N=O)c(N=O)c(CN=[N+]=[N-])c(CN=[N+]=[N-])c1ON. The summed E-state index contributed by atoms with van der Waals surface area (Å²) in [5, 5.41) is 21.4. The third kappa shape index (κ3) is 12.2. The standard InChI is InChI=1S/C26H43N11O4/c1-18(7-3-4-14-40-30)8-5-9-20(15-27)10-6-11-21(34-38)12-13-22-19(2)26(41-31)24(17-33-37-29)23(16-32-36-28)25(22)35-39/h15,18,20-21,27H,3-14,16-17,30-31H2,1-2H3. The number of unbranched alkanes of at least 4 members (excludes halogenated alkanes) is 1. The molecule has 0 aliphatic heterocycles. The summed E-state index contributed by atoms with van der Waals surface area (Å²) in [6.07, 6.45) is 10.5. The number of benzene rings is 1. The number of hydrogen-bond donors (Lipinski definition) is 3. The van der Waals surface area contributed by atoms with E-state index in [1.54, 1.807) is 6.92 Å². The van der Waals surface area contributed by atoms with Crippen molar-refractivity contribution in [2.45, 2.75) is 104 Å². The lowest BCUT2D eigenvalue weighted by Gasteiger charge is -2.20. The fraction of sp³-hybridized carbons (Fsp3) is 0.731. The molecule has 0 bridgehead atoms. The molecule has 5 N–H and O–H groups in total. The molecule has 15 nitrogen and oxygen atoms in total. The highest BCUT2D eigenvalue weighted by atomic mass is 16.6. The van der Waals surface area contributed by atoms with Gasteiger partial charge in [-0.25, -0.2) is 5.90 Å². The number of hydrogen-bond acceptors (Lipinski definition) is 11. The number of nitrogens with two attached hydrogens (primary N) is 2. The maximum Gasteiger partial charge on any atom is 0.153 e. The van der Waals surface area contributed by atoms with Crippen LogP contribution >= 0.6 is 0 Å². The molecule has 3 atom stereocenters. The highest BCUT2D eigenvalue weighted by Crippen LogP contribution is 2.40. The number of nitrogens with zero attached hydrogens (tertiary/aromatic N) is 8. The molecule has 1 aromatic rings. The van der Waals surface area contributed by atoms with E-state index < -0.39 is 6.04 Å². The zero-order valence-corrected chi connectivity index (χ0v) is 24.1. The molecular formula is C26H43N11O4. The van der Waals surface area contributed by atoms with Crippen LogP contribution in [0.15, 0.2) is 20.6 Å². The fourth-order valence-corrected chi connectivity index (χ4v) is 5.16. The average Bonchev–Trinajstić information content (AvgIpc) is 2.98. The second-order valence-electron chi connectivity index (χ2n) is 10.3. The Labute approximate surface area is 240 Å². The summed E-state index contributed by atoms with van der Waals surface area (Å²) in [6, 6.07) is -0.497. The van der Waals surface area contributed by atoms with E-state index in [1.165, 1.54) is 6.21 Å². The minimum Gasteiger partial charge on any atom is -0.411 e. The van der Waals surface area contributed by atoms with Crippen molar-refractivity contribution >= 4 is 11.9 Å². The van der Waals surface area contributed by atoms with Crippen molar-refractivity contribution < 1.29 is 9.68 Å². The first kappa shape index (κ1) is 35.4. The molecule has 41 heavy (non-hydrogen) atoms. The van der Waals surface area contributed by atoms with Gasteiger partial charge in [-0.1, -0.05) is 54.4 Å². The summed E-state index contributed by atoms with van der Waals surface area (Å²) in [7, 11) is 0. The molecule has 0 radical (unpaired) electrons. The molecular weight excluding hydrogens is 530 g/mol. The van der Waals surface area contributed by atoms with Crippen LogP contribution in [0.4, 0.5) is 5.69 Å². The van der Waals surface area contributed by atoms with E-state index >= 15 is 0 Å². The molecule has 0 fully saturated rings. The monoisotopic (exact) mass is 573 g/mol. The van der Waals surface area contributed by atoms with Gasteiger partial charge in [0.05, 0.1) is 25.7 Å². The van der Waals surface area contributed by atoms with Gasteiger partial charge in [0, 0.05) is 15.4 Å². The van der Waals surface area contributed by atoms with Crippen molar-refractivity contribution in [2.24, 2.45) is 44.2 Å². The Morgan fingerprint density at radius 1 is 0.902 bits per heavy atom. The minimum absolute atomic E-state index is 0.0503. The van der Waals surface area contributed by atoms with Gasteiger partial charge >= 0.3 is 0 Å². The van der Waals surface area contributed by atoms with Crippen LogP contribution in [-0.4, -0.2) is 18.9 Å². The van der Waals surface area contributed by atoms with Gasteiger partial charge in [-0.3, -0.25) is 0 Å². The highest BCUT2D eigenvalue weighted by molar-refractivity contribution is 5.65. The summed E-state index contributed by atoms with van der Waals surface area (Å²) in [6.45, 7) is 4.11. The first-order valence-corrected chi connectivity index (χ1v) is 14.0. The summed E-state index contributed by atoms with van der Waals surface area (Å²) < 4.78 is 0. The molecule has 0 saturated carbocycles. The normalized spacial score (nSPS) is 12.9. The lowest BCUT2D eigenvalue weighted by molar-refractivity contribution is 0.132. The third-order valence-electron chi connectivity index (χ3n) is 7.50. The minimum atomic E-state index is -0.497. The zero-order valence-electron chi connectivity index (χ0n) is 24.1. The van der Waals surface area contributed by atoms with E-state index in [4.69, 9.17) is 33.1 Å². The largest absolute Gasteiger partial charge is 0.411 e. The van der Waals surface area contributed by atoms with E-state index in [1.807, 2.05) is 0 Å². The smallest absolute Gasteiger partial charge is 0.153 e. The van der Waals surface area contributed by atoms with Crippen LogP contribution in [0.3, 0.4) is 0 Å². The van der Waals surface area contributed by atoms with Gasteiger partial charge in [-0.2, -0.15) is 10.8 Å². The Bertz CT molecular complexity index is 1070. The van der Waals surface area contributed by atoms with Gasteiger partial charge in [0.15, 0.2) is 5.75 Å². The van der Waals surface area contributed by atoms with E-state index in [9.17, 15) is 9.81 Å². The van der Waals surface area contributed by atoms with Gasteiger partial charge in [0.1, 0.15) is 5.69 Å². The Morgan fingerprint density at radius 2 is 1.54 bits per heavy atom. The average molecular weight is 574 g/mol. The molecule has 226 valence electrons. The van der Waals surface area contributed by atoms with Gasteiger partial charge < -0.3 is 15.1 Å². The Morgan fingerprint density at radius 3 is 2.10 bits per heavy atom. The van der Waals surface area contributed by atoms with Gasteiger partial charge in [0.25, 0.3) is 0 Å². The maximum atomic E-state index is 11.9. The van der Waals surface area contributed by atoms with Gasteiger partial charge in [-0.05, 0) is 96.4 Å². The van der Waals surface area contributed by atoms with E-state index in [0.717, 1.165) is 51.4 Å². The van der Waals surface area contributed by atoms with Crippen LogP contribution in [-0.2, 0) is 24.3 Å². The topological polar surface area (TPSA) is 251 Å². The Kier molecular flexibility index (Phi) is 18.3. The lowest BCUT2D eigenvalue weighted by atomic mass is 9.89. The summed E-state index contributed by atoms with van der Waals surface area (Å²) in [4.78, 5) is 38.7. The van der Waals surface area contributed by atoms with Crippen molar-refractivity contribution in [1.29, 1.82) is 5.41 Å². The Balaban J connectivity index is 2.82. The van der Waals surface area contributed by atoms with Crippen LogP contribution in [0.25, 0.3) is 20.9 Å². The van der Waals surface area contributed by atoms with Crippen molar-refractivity contribution in [2.75, 3.05) is 6.61 Å². The van der Waals surface area contributed by atoms with Crippen molar-refractivity contribution in [3.05, 3.63) is 53.0 Å². The second kappa shape index (κ2) is 21.2. The molecule has 0 aliphatic rings. The van der Waals surface area contributed by atoms with Crippen molar-refractivity contribution in [1.82, 2.24) is 0 Å². The summed E-state index contributed by atoms with van der Waals surface area (Å²) in [5.41, 5.74) is 19.2. The van der Waals surface area contributed by atoms with E-state index in [0.29, 0.717) is 42.1 Å². The summed E-state index contributed by atoms with van der Waals surface area (Å²) >= 11 is 0. The molecule has 3 unspecified atom stereocenters. The quantitative estimate of drug-likeness (QED) is 0.0213. The van der Waals surface area contributed by atoms with Crippen LogP contribution in [0.1, 0.15) is 93.4 Å². The van der Waals surface area contributed by atoms with Crippen LogP contribution in [0.2, 0.25) is 0 Å². The van der Waals surface area contributed by atoms with Gasteiger partial charge in [0.2, 0.25) is 0 Å². The first-order valence-electron chi connectivity index (χ1n) is 14.0. The molecule has 0 heterocycles. The molecule has 0 saturated heterocycles. The first-order chi connectivity index (χ1) is 19.9. The number of nitroso groups, excluding NO2 is 2. The highest BCUT2D eigenvalue weighted by Gasteiger charge is 2.24. The van der Waals surface area contributed by atoms with Crippen LogP contribution in [0, 0.1) is 34.0 Å². The number of rotatable bonds is 24. The van der Waals surface area contributed by atoms with Gasteiger partial charge in [-0.15, -0.1) is 4.91 Å². The zero-order chi connectivity index (χ0) is 30.5. The number of nitrogens with one attached hydrogen (secondary N) is 1. The molecule has 0 spiro atoms. The fourth-order valence-electron chi connectivity index (χ4n) is 5.16. The lowest BCUT2D eigenvalue weighted by Crippen LogP contribution is -2.13. The van der Waals surface area contributed by atoms with Crippen molar-refractivity contribution in [3.8, 4) is 5.75 Å². The molecule has 0 amide bonds. The van der Waals surface area contributed by atoms with Crippen LogP contribution < -0.4 is 16.6 Å². The van der Waals surface area contributed by atoms with Crippen molar-refractivity contribution in [3.63, 3.8) is 0 Å². The third-order valence-corrected chi connectivity index (χ3v) is 7.50.